The fraction of sp³-hybridized carbons (Fsp3) is 0.529. The summed E-state index contributed by atoms with van der Waals surface area (Å²) in [7, 11) is 0. The van der Waals surface area contributed by atoms with Crippen LogP contribution >= 0.6 is 0 Å². The van der Waals surface area contributed by atoms with Crippen LogP contribution < -0.4 is 16.0 Å². The minimum atomic E-state index is -0.0838. The molecule has 1 aromatic carbocycles. The van der Waals surface area contributed by atoms with E-state index in [-0.39, 0.29) is 23.9 Å². The number of hydrogen-bond donors (Lipinski definition) is 3. The lowest BCUT2D eigenvalue weighted by atomic mass is 10.1. The molecule has 0 aliphatic heterocycles. The maximum atomic E-state index is 11.7. The van der Waals surface area contributed by atoms with Crippen molar-refractivity contribution in [1.29, 1.82) is 0 Å². The zero-order chi connectivity index (χ0) is 16.5. The summed E-state index contributed by atoms with van der Waals surface area (Å²) in [6, 6.07) is 8.05. The summed E-state index contributed by atoms with van der Waals surface area (Å²) in [4.78, 5) is 22.8. The summed E-state index contributed by atoms with van der Waals surface area (Å²) in [5, 5.41) is 9.05. The highest BCUT2D eigenvalue weighted by Gasteiger charge is 2.08. The van der Waals surface area contributed by atoms with E-state index in [0.717, 1.165) is 17.7 Å². The van der Waals surface area contributed by atoms with Gasteiger partial charge >= 0.3 is 0 Å². The number of benzene rings is 1. The average Bonchev–Trinajstić information content (AvgIpc) is 2.46. The third-order valence-electron chi connectivity index (χ3n) is 3.53. The fourth-order valence-electron chi connectivity index (χ4n) is 2.06. The van der Waals surface area contributed by atoms with Crippen LogP contribution in [0.25, 0.3) is 0 Å². The van der Waals surface area contributed by atoms with Gasteiger partial charge < -0.3 is 16.0 Å². The van der Waals surface area contributed by atoms with Gasteiger partial charge in [0, 0.05) is 37.7 Å². The molecule has 22 heavy (non-hydrogen) atoms. The second-order valence-electron chi connectivity index (χ2n) is 5.61. The number of amides is 2. The van der Waals surface area contributed by atoms with E-state index in [4.69, 9.17) is 0 Å². The Morgan fingerprint density at radius 1 is 1.23 bits per heavy atom. The van der Waals surface area contributed by atoms with E-state index in [2.05, 4.69) is 16.0 Å². The third kappa shape index (κ3) is 6.72. The predicted molar refractivity (Wildman–Crippen MR) is 89.7 cm³/mol. The van der Waals surface area contributed by atoms with Crippen molar-refractivity contribution in [2.75, 3.05) is 11.9 Å². The molecule has 5 heteroatoms. The molecular weight excluding hydrogens is 278 g/mol. The summed E-state index contributed by atoms with van der Waals surface area (Å²) in [5.41, 5.74) is 1.86. The topological polar surface area (TPSA) is 70.2 Å². The molecule has 0 fully saturated rings. The van der Waals surface area contributed by atoms with E-state index in [1.807, 2.05) is 45.0 Å². The van der Waals surface area contributed by atoms with Crippen molar-refractivity contribution in [3.63, 3.8) is 0 Å². The molecule has 0 aromatic heterocycles. The molecule has 122 valence electrons. The average molecular weight is 305 g/mol. The van der Waals surface area contributed by atoms with Crippen LogP contribution in [0.1, 0.15) is 52.1 Å². The van der Waals surface area contributed by atoms with Crippen LogP contribution in [-0.2, 0) is 9.59 Å². The van der Waals surface area contributed by atoms with Gasteiger partial charge in [-0.2, -0.15) is 0 Å². The highest BCUT2D eigenvalue weighted by molar-refractivity contribution is 5.88. The Hall–Kier alpha value is -1.88. The summed E-state index contributed by atoms with van der Waals surface area (Å²) in [5.74, 6) is -0.0134. The van der Waals surface area contributed by atoms with Crippen molar-refractivity contribution in [3.05, 3.63) is 29.8 Å². The largest absolute Gasteiger partial charge is 0.354 e. The number of anilines is 1. The molecule has 3 N–H and O–H groups in total. The van der Waals surface area contributed by atoms with Crippen molar-refractivity contribution < 1.29 is 9.59 Å². The molecule has 0 bridgehead atoms. The number of hydrogen-bond acceptors (Lipinski definition) is 3. The molecular formula is C17H27N3O2. The van der Waals surface area contributed by atoms with Gasteiger partial charge in [-0.15, -0.1) is 0 Å². The van der Waals surface area contributed by atoms with Crippen molar-refractivity contribution in [1.82, 2.24) is 10.6 Å². The number of rotatable bonds is 8. The second-order valence-corrected chi connectivity index (χ2v) is 5.61. The Bertz CT molecular complexity index is 502. The maximum Gasteiger partial charge on any atom is 0.221 e. The van der Waals surface area contributed by atoms with Crippen molar-refractivity contribution >= 4 is 17.5 Å². The molecule has 2 unspecified atom stereocenters. The molecule has 1 aromatic rings. The Kier molecular flexibility index (Phi) is 7.60. The van der Waals surface area contributed by atoms with Crippen LogP contribution in [0.5, 0.6) is 0 Å². The lowest BCUT2D eigenvalue weighted by Gasteiger charge is -2.16. The van der Waals surface area contributed by atoms with Gasteiger partial charge in [0.2, 0.25) is 11.8 Å². The third-order valence-corrected chi connectivity index (χ3v) is 3.53. The van der Waals surface area contributed by atoms with Gasteiger partial charge in [-0.05, 0) is 38.0 Å². The first-order valence-corrected chi connectivity index (χ1v) is 7.82. The molecule has 0 saturated carbocycles. The molecule has 0 heterocycles. The summed E-state index contributed by atoms with van der Waals surface area (Å²) < 4.78 is 0. The second kappa shape index (κ2) is 9.20. The summed E-state index contributed by atoms with van der Waals surface area (Å²) in [6.45, 7) is 8.20. The van der Waals surface area contributed by atoms with Crippen LogP contribution in [0.4, 0.5) is 5.69 Å². The molecule has 0 spiro atoms. The maximum absolute atomic E-state index is 11.7. The minimum Gasteiger partial charge on any atom is -0.354 e. The lowest BCUT2D eigenvalue weighted by Crippen LogP contribution is -2.34. The summed E-state index contributed by atoms with van der Waals surface area (Å²) in [6.07, 6.45) is 1.39. The van der Waals surface area contributed by atoms with E-state index in [0.29, 0.717) is 13.0 Å². The van der Waals surface area contributed by atoms with E-state index in [1.165, 1.54) is 6.92 Å². The Morgan fingerprint density at radius 2 is 1.95 bits per heavy atom. The van der Waals surface area contributed by atoms with Crippen LogP contribution in [-0.4, -0.2) is 24.4 Å². The molecule has 0 aliphatic rings. The smallest absolute Gasteiger partial charge is 0.221 e. The monoisotopic (exact) mass is 305 g/mol. The van der Waals surface area contributed by atoms with Crippen LogP contribution in [0, 0.1) is 0 Å². The van der Waals surface area contributed by atoms with Crippen molar-refractivity contribution in [2.24, 2.45) is 0 Å². The normalized spacial score (nSPS) is 13.3. The molecule has 0 aliphatic carbocycles. The zero-order valence-corrected chi connectivity index (χ0v) is 13.9. The minimum absolute atomic E-state index is 0.0704. The highest BCUT2D eigenvalue weighted by Crippen LogP contribution is 2.17. The first-order valence-electron chi connectivity index (χ1n) is 7.82. The SMILES string of the molecule is CCC(C)NC(=O)CCNC(C)c1cccc(NC(C)=O)c1. The van der Waals surface area contributed by atoms with E-state index >= 15 is 0 Å². The van der Waals surface area contributed by atoms with Gasteiger partial charge in [-0.3, -0.25) is 9.59 Å². The van der Waals surface area contributed by atoms with Gasteiger partial charge in [-0.25, -0.2) is 0 Å². The van der Waals surface area contributed by atoms with Crippen molar-refractivity contribution in [3.8, 4) is 0 Å². The van der Waals surface area contributed by atoms with Gasteiger partial charge in [0.1, 0.15) is 0 Å². The standard InChI is InChI=1S/C17H27N3O2/c1-5-12(2)19-17(22)9-10-18-13(3)15-7-6-8-16(11-15)20-14(4)21/h6-8,11-13,18H,5,9-10H2,1-4H3,(H,19,22)(H,20,21). The van der Waals surface area contributed by atoms with E-state index < -0.39 is 0 Å². The molecule has 1 rings (SSSR count). The Morgan fingerprint density at radius 3 is 2.59 bits per heavy atom. The van der Waals surface area contributed by atoms with E-state index in [1.54, 1.807) is 0 Å². The lowest BCUT2D eigenvalue weighted by molar-refractivity contribution is -0.121. The van der Waals surface area contributed by atoms with Crippen molar-refractivity contribution in [2.45, 2.75) is 52.6 Å². The van der Waals surface area contributed by atoms with Gasteiger partial charge in [0.05, 0.1) is 0 Å². The number of nitrogens with one attached hydrogen (secondary N) is 3. The van der Waals surface area contributed by atoms with Crippen LogP contribution in [0.3, 0.4) is 0 Å². The highest BCUT2D eigenvalue weighted by atomic mass is 16.2. The predicted octanol–water partition coefficient (Wildman–Crippen LogP) is 2.60. The Labute approximate surface area is 132 Å². The molecule has 2 atom stereocenters. The molecule has 2 amide bonds. The van der Waals surface area contributed by atoms with Gasteiger partial charge in [0.15, 0.2) is 0 Å². The summed E-state index contributed by atoms with van der Waals surface area (Å²) >= 11 is 0. The molecule has 0 radical (unpaired) electrons. The van der Waals surface area contributed by atoms with Crippen LogP contribution in [0.15, 0.2) is 24.3 Å². The molecule has 0 saturated heterocycles. The quantitative estimate of drug-likeness (QED) is 0.691. The number of carbonyl (C=O) groups excluding carboxylic acids is 2. The van der Waals surface area contributed by atoms with E-state index in [9.17, 15) is 9.59 Å². The molecule has 5 nitrogen and oxygen atoms in total. The zero-order valence-electron chi connectivity index (χ0n) is 13.9. The Balaban J connectivity index is 2.43. The fourth-order valence-corrected chi connectivity index (χ4v) is 2.06. The van der Waals surface area contributed by atoms with Gasteiger partial charge in [0.25, 0.3) is 0 Å². The first-order chi connectivity index (χ1) is 10.4. The number of carbonyl (C=O) groups is 2. The first kappa shape index (κ1) is 18.2. The van der Waals surface area contributed by atoms with Crippen LogP contribution in [0.2, 0.25) is 0 Å². The van der Waals surface area contributed by atoms with Gasteiger partial charge in [-0.1, -0.05) is 19.1 Å².